The third kappa shape index (κ3) is 6.45. The molecule has 4 atom stereocenters. The fourth-order valence-corrected chi connectivity index (χ4v) is 2.08. The third-order valence-electron chi connectivity index (χ3n) is 3.57. The smallest absolute Gasteiger partial charge is 0.325 e. The third-order valence-corrected chi connectivity index (χ3v) is 3.57. The Hall–Kier alpha value is -1.18. The lowest BCUT2D eigenvalue weighted by molar-refractivity contribution is -0.182. The highest BCUT2D eigenvalue weighted by Gasteiger charge is 2.36. The van der Waals surface area contributed by atoms with Gasteiger partial charge in [0.2, 0.25) is 0 Å². The van der Waals surface area contributed by atoms with Gasteiger partial charge in [-0.2, -0.15) is 0 Å². The van der Waals surface area contributed by atoms with Gasteiger partial charge in [-0.25, -0.2) is 0 Å². The Bertz CT molecular complexity index is 387. The highest BCUT2D eigenvalue weighted by molar-refractivity contribution is 5.76. The number of rotatable bonds is 6. The average Bonchev–Trinajstić information content (AvgIpc) is 2.53. The first-order valence-corrected chi connectivity index (χ1v) is 8.22. The van der Waals surface area contributed by atoms with E-state index in [2.05, 4.69) is 6.92 Å². The van der Waals surface area contributed by atoms with Crippen LogP contribution in [0, 0.1) is 5.92 Å². The molecule has 2 N–H and O–H groups in total. The molecule has 1 fully saturated rings. The number of cyclic esters (lactones) is 1. The molecule has 0 radical (unpaired) electrons. The number of nitrogens with two attached hydrogens (primary N) is 1. The van der Waals surface area contributed by atoms with E-state index < -0.39 is 30.3 Å². The minimum Gasteiger partial charge on any atom is -0.457 e. The van der Waals surface area contributed by atoms with Crippen LogP contribution >= 0.6 is 0 Å². The molecule has 1 rings (SSSR count). The zero-order valence-corrected chi connectivity index (χ0v) is 14.4. The molecule has 0 aromatic heterocycles. The van der Waals surface area contributed by atoms with Crippen molar-refractivity contribution in [3.8, 4) is 0 Å². The SMILES string of the molecule is CCCCOC1COCC(N)C(=O)OC(C)C1OC(=O)C(C)C. The van der Waals surface area contributed by atoms with E-state index in [1.165, 1.54) is 0 Å². The van der Waals surface area contributed by atoms with Gasteiger partial charge < -0.3 is 24.7 Å². The molecule has 4 unspecified atom stereocenters. The Morgan fingerprint density at radius 2 is 2.09 bits per heavy atom. The van der Waals surface area contributed by atoms with E-state index in [4.69, 9.17) is 24.7 Å². The molecule has 0 aliphatic carbocycles. The van der Waals surface area contributed by atoms with Crippen LogP contribution in [0.3, 0.4) is 0 Å². The van der Waals surface area contributed by atoms with E-state index in [0.29, 0.717) is 6.61 Å². The summed E-state index contributed by atoms with van der Waals surface area (Å²) >= 11 is 0. The molecule has 0 aromatic rings. The molecule has 134 valence electrons. The number of hydrogen-bond acceptors (Lipinski definition) is 7. The molecule has 1 heterocycles. The fraction of sp³-hybridized carbons (Fsp3) is 0.875. The summed E-state index contributed by atoms with van der Waals surface area (Å²) in [5.74, 6) is -1.23. The molecule has 1 aliphatic heterocycles. The summed E-state index contributed by atoms with van der Waals surface area (Å²) in [6.45, 7) is 7.97. The highest BCUT2D eigenvalue weighted by atomic mass is 16.6. The maximum absolute atomic E-state index is 12.0. The molecule has 0 amide bonds. The van der Waals surface area contributed by atoms with Gasteiger partial charge in [0.25, 0.3) is 0 Å². The van der Waals surface area contributed by atoms with Gasteiger partial charge in [0, 0.05) is 6.61 Å². The molecule has 7 heteroatoms. The number of carbonyl (C=O) groups is 2. The van der Waals surface area contributed by atoms with E-state index in [-0.39, 0.29) is 25.1 Å². The van der Waals surface area contributed by atoms with Gasteiger partial charge in [-0.05, 0) is 13.3 Å². The maximum Gasteiger partial charge on any atom is 0.325 e. The van der Waals surface area contributed by atoms with Crippen LogP contribution in [0.25, 0.3) is 0 Å². The van der Waals surface area contributed by atoms with Gasteiger partial charge in [0.1, 0.15) is 18.2 Å². The summed E-state index contributed by atoms with van der Waals surface area (Å²) in [6, 6.07) is -0.853. The second kappa shape index (κ2) is 9.85. The molecule has 0 aromatic carbocycles. The maximum atomic E-state index is 12.0. The zero-order chi connectivity index (χ0) is 17.4. The number of unbranched alkanes of at least 4 members (excludes halogenated alkanes) is 1. The van der Waals surface area contributed by atoms with E-state index in [1.54, 1.807) is 20.8 Å². The Morgan fingerprint density at radius 3 is 2.70 bits per heavy atom. The molecule has 7 nitrogen and oxygen atoms in total. The molecule has 1 aliphatic rings. The molecule has 0 saturated carbocycles. The molecular formula is C16H29NO6. The van der Waals surface area contributed by atoms with Crippen molar-refractivity contribution < 1.29 is 28.5 Å². The van der Waals surface area contributed by atoms with Gasteiger partial charge in [0.05, 0.1) is 19.1 Å². The first-order chi connectivity index (χ1) is 10.9. The van der Waals surface area contributed by atoms with Crippen LogP contribution in [0.5, 0.6) is 0 Å². The van der Waals surface area contributed by atoms with Gasteiger partial charge in [-0.15, -0.1) is 0 Å². The van der Waals surface area contributed by atoms with Crippen molar-refractivity contribution in [1.82, 2.24) is 0 Å². The zero-order valence-electron chi connectivity index (χ0n) is 14.4. The predicted molar refractivity (Wildman–Crippen MR) is 83.7 cm³/mol. The summed E-state index contributed by atoms with van der Waals surface area (Å²) in [5.41, 5.74) is 5.69. The van der Waals surface area contributed by atoms with Crippen molar-refractivity contribution in [2.75, 3.05) is 19.8 Å². The number of hydrogen-bond donors (Lipinski definition) is 1. The van der Waals surface area contributed by atoms with E-state index in [9.17, 15) is 9.59 Å². The van der Waals surface area contributed by atoms with Crippen molar-refractivity contribution in [3.05, 3.63) is 0 Å². The highest BCUT2D eigenvalue weighted by Crippen LogP contribution is 2.18. The van der Waals surface area contributed by atoms with Crippen LogP contribution in [0.15, 0.2) is 0 Å². The quantitative estimate of drug-likeness (QED) is 0.573. The normalized spacial score (nSPS) is 29.4. The molecule has 23 heavy (non-hydrogen) atoms. The summed E-state index contributed by atoms with van der Waals surface area (Å²) < 4.78 is 22.1. The number of carbonyl (C=O) groups excluding carboxylic acids is 2. The van der Waals surface area contributed by atoms with Crippen molar-refractivity contribution in [2.45, 2.75) is 64.9 Å². The van der Waals surface area contributed by atoms with Crippen molar-refractivity contribution in [3.63, 3.8) is 0 Å². The number of esters is 2. The van der Waals surface area contributed by atoms with Crippen molar-refractivity contribution in [1.29, 1.82) is 0 Å². The minimum atomic E-state index is -0.853. The topological polar surface area (TPSA) is 97.1 Å². The first-order valence-electron chi connectivity index (χ1n) is 8.22. The van der Waals surface area contributed by atoms with Crippen LogP contribution in [0.2, 0.25) is 0 Å². The van der Waals surface area contributed by atoms with Gasteiger partial charge in [-0.3, -0.25) is 9.59 Å². The lowest BCUT2D eigenvalue weighted by Gasteiger charge is -2.30. The summed E-state index contributed by atoms with van der Waals surface area (Å²) in [7, 11) is 0. The van der Waals surface area contributed by atoms with Crippen LogP contribution in [-0.4, -0.2) is 56.1 Å². The van der Waals surface area contributed by atoms with E-state index in [0.717, 1.165) is 12.8 Å². The van der Waals surface area contributed by atoms with Crippen LogP contribution in [-0.2, 0) is 28.5 Å². The number of ether oxygens (including phenoxy) is 4. The Labute approximate surface area is 137 Å². The monoisotopic (exact) mass is 331 g/mol. The summed E-state index contributed by atoms with van der Waals surface area (Å²) in [4.78, 5) is 23.8. The lowest BCUT2D eigenvalue weighted by Crippen LogP contribution is -2.46. The molecule has 0 spiro atoms. The molecule has 0 bridgehead atoms. The standard InChI is InChI=1S/C16H29NO6/c1-5-6-7-21-13-9-20-8-12(17)16(19)22-11(4)14(13)23-15(18)10(2)3/h10-14H,5-9,17H2,1-4H3. The Morgan fingerprint density at radius 1 is 1.39 bits per heavy atom. The first kappa shape index (κ1) is 19.9. The second-order valence-corrected chi connectivity index (χ2v) is 6.10. The predicted octanol–water partition coefficient (Wildman–Crippen LogP) is 1.03. The molecular weight excluding hydrogens is 302 g/mol. The van der Waals surface area contributed by atoms with Crippen LogP contribution in [0.1, 0.15) is 40.5 Å². The van der Waals surface area contributed by atoms with Crippen LogP contribution < -0.4 is 5.73 Å². The van der Waals surface area contributed by atoms with Gasteiger partial charge in [-0.1, -0.05) is 27.2 Å². The second-order valence-electron chi connectivity index (χ2n) is 6.10. The van der Waals surface area contributed by atoms with Crippen molar-refractivity contribution >= 4 is 11.9 Å². The van der Waals surface area contributed by atoms with Crippen LogP contribution in [0.4, 0.5) is 0 Å². The molecule has 1 saturated heterocycles. The average molecular weight is 331 g/mol. The summed E-state index contributed by atoms with van der Waals surface area (Å²) in [6.07, 6.45) is -0.0213. The minimum absolute atomic E-state index is 0.0457. The summed E-state index contributed by atoms with van der Waals surface area (Å²) in [5, 5.41) is 0. The Balaban J connectivity index is 2.88. The lowest BCUT2D eigenvalue weighted by atomic mass is 10.1. The fourth-order valence-electron chi connectivity index (χ4n) is 2.08. The van der Waals surface area contributed by atoms with Crippen molar-refractivity contribution in [2.24, 2.45) is 11.7 Å². The van der Waals surface area contributed by atoms with Gasteiger partial charge >= 0.3 is 11.9 Å². The van der Waals surface area contributed by atoms with E-state index in [1.807, 2.05) is 0 Å². The Kier molecular flexibility index (Phi) is 8.51. The van der Waals surface area contributed by atoms with E-state index >= 15 is 0 Å². The largest absolute Gasteiger partial charge is 0.457 e. The van der Waals surface area contributed by atoms with Gasteiger partial charge in [0.15, 0.2) is 6.10 Å².